The molecule has 0 unspecified atom stereocenters. The second-order valence-electron chi connectivity index (χ2n) is 6.55. The van der Waals surface area contributed by atoms with Crippen molar-refractivity contribution in [2.75, 3.05) is 32.5 Å². The van der Waals surface area contributed by atoms with E-state index in [2.05, 4.69) is 22.3 Å². The molecule has 0 aliphatic carbocycles. The molecule has 7 nitrogen and oxygen atoms in total. The Morgan fingerprint density at radius 2 is 2.31 bits per heavy atom. The Balaban J connectivity index is 1.85. The van der Waals surface area contributed by atoms with Crippen LogP contribution in [0.2, 0.25) is 0 Å². The minimum atomic E-state index is -0.666. The number of anilines is 1. The summed E-state index contributed by atoms with van der Waals surface area (Å²) in [5, 5.41) is 17.5. The van der Waals surface area contributed by atoms with E-state index in [-0.39, 0.29) is 5.69 Å². The molecule has 2 aromatic rings. The van der Waals surface area contributed by atoms with E-state index < -0.39 is 12.0 Å². The number of amides is 1. The molecule has 0 radical (unpaired) electrons. The van der Waals surface area contributed by atoms with Crippen LogP contribution in [0.1, 0.15) is 28.2 Å². The summed E-state index contributed by atoms with van der Waals surface area (Å²) in [4.78, 5) is 13.6. The first kappa shape index (κ1) is 18.0. The number of fused-ring (bicyclic) bond motifs is 1. The second-order valence-corrected chi connectivity index (χ2v) is 6.55. The number of benzene rings is 1. The zero-order valence-electron chi connectivity index (χ0n) is 15.0. The molecule has 3 rings (SSSR count). The Bertz CT molecular complexity index is 876. The lowest BCUT2D eigenvalue weighted by Gasteiger charge is -2.09. The van der Waals surface area contributed by atoms with Crippen molar-refractivity contribution in [3.8, 4) is 17.5 Å². The van der Waals surface area contributed by atoms with Crippen molar-refractivity contribution in [2.45, 2.75) is 18.9 Å². The van der Waals surface area contributed by atoms with Crippen LogP contribution in [-0.4, -0.2) is 59.0 Å². The number of hydrogen-bond donors (Lipinski definition) is 3. The van der Waals surface area contributed by atoms with Crippen molar-refractivity contribution >= 4 is 11.6 Å². The van der Waals surface area contributed by atoms with Crippen LogP contribution in [0.15, 0.2) is 24.3 Å². The Kier molecular flexibility index (Phi) is 5.26. The van der Waals surface area contributed by atoms with Gasteiger partial charge in [0.15, 0.2) is 5.69 Å². The van der Waals surface area contributed by atoms with Crippen LogP contribution in [0, 0.1) is 11.8 Å². The van der Waals surface area contributed by atoms with Gasteiger partial charge < -0.3 is 21.1 Å². The Hall–Kier alpha value is -2.82. The first-order valence-electron chi connectivity index (χ1n) is 8.56. The highest BCUT2D eigenvalue weighted by Crippen LogP contribution is 2.28. The molecule has 4 N–H and O–H groups in total. The number of carbonyl (C=O) groups excluding carboxylic acids is 1. The van der Waals surface area contributed by atoms with E-state index in [1.807, 2.05) is 43.3 Å². The molecule has 1 aromatic heterocycles. The molecular weight excluding hydrogens is 330 g/mol. The van der Waals surface area contributed by atoms with Gasteiger partial charge in [-0.15, -0.1) is 0 Å². The number of nitrogens with two attached hydrogens (primary N) is 1. The smallest absolute Gasteiger partial charge is 0.271 e. The molecule has 26 heavy (non-hydrogen) atoms. The van der Waals surface area contributed by atoms with Crippen LogP contribution in [0.4, 0.5) is 5.69 Å². The number of nitrogens with one attached hydrogen (secondary N) is 1. The van der Waals surface area contributed by atoms with Gasteiger partial charge in [0, 0.05) is 25.1 Å². The highest BCUT2D eigenvalue weighted by Gasteiger charge is 2.25. The Labute approximate surface area is 152 Å². The van der Waals surface area contributed by atoms with Crippen molar-refractivity contribution < 1.29 is 9.90 Å². The minimum Gasteiger partial charge on any atom is -0.381 e. The molecule has 0 saturated heterocycles. The van der Waals surface area contributed by atoms with Crippen LogP contribution in [-0.2, 0) is 6.42 Å². The molecule has 1 amide bonds. The maximum Gasteiger partial charge on any atom is 0.271 e. The van der Waals surface area contributed by atoms with Gasteiger partial charge in [0.25, 0.3) is 5.91 Å². The number of carbonyl (C=O) groups is 1. The highest BCUT2D eigenvalue weighted by molar-refractivity contribution is 5.97. The quantitative estimate of drug-likeness (QED) is 0.684. The summed E-state index contributed by atoms with van der Waals surface area (Å²) in [6.45, 7) is 1.53. The summed E-state index contributed by atoms with van der Waals surface area (Å²) in [5.41, 5.74) is 8.94. The van der Waals surface area contributed by atoms with Gasteiger partial charge in [0.05, 0.1) is 17.1 Å². The van der Waals surface area contributed by atoms with Crippen molar-refractivity contribution in [3.05, 3.63) is 41.2 Å². The van der Waals surface area contributed by atoms with E-state index in [0.717, 1.165) is 36.5 Å². The molecular formula is C19H23N5O2. The van der Waals surface area contributed by atoms with Crippen molar-refractivity contribution in [1.29, 1.82) is 0 Å². The zero-order valence-corrected chi connectivity index (χ0v) is 15.0. The third kappa shape index (κ3) is 3.87. The first-order valence-corrected chi connectivity index (χ1v) is 8.56. The summed E-state index contributed by atoms with van der Waals surface area (Å²) >= 11 is 0. The zero-order chi connectivity index (χ0) is 18.7. The number of aromatic nitrogens is 2. The van der Waals surface area contributed by atoms with E-state index in [4.69, 9.17) is 5.73 Å². The maximum atomic E-state index is 11.6. The molecule has 0 saturated carbocycles. The fourth-order valence-electron chi connectivity index (χ4n) is 2.90. The van der Waals surface area contributed by atoms with Gasteiger partial charge in [-0.25, -0.2) is 4.68 Å². The topological polar surface area (TPSA) is 96.4 Å². The van der Waals surface area contributed by atoms with Crippen molar-refractivity contribution in [1.82, 2.24) is 14.7 Å². The molecule has 1 atom stereocenters. The maximum absolute atomic E-state index is 11.6. The minimum absolute atomic E-state index is 0.257. The van der Waals surface area contributed by atoms with Crippen LogP contribution < -0.4 is 11.1 Å². The molecule has 136 valence electrons. The van der Waals surface area contributed by atoms with Crippen molar-refractivity contribution in [3.63, 3.8) is 0 Å². The van der Waals surface area contributed by atoms with E-state index in [9.17, 15) is 9.90 Å². The predicted octanol–water partition coefficient (Wildman–Crippen LogP) is 0.603. The monoisotopic (exact) mass is 353 g/mol. The number of nitrogens with zero attached hydrogens (tertiary/aromatic N) is 3. The lowest BCUT2D eigenvalue weighted by molar-refractivity contribution is 0.0996. The van der Waals surface area contributed by atoms with Crippen molar-refractivity contribution in [2.24, 2.45) is 5.73 Å². The van der Waals surface area contributed by atoms with Gasteiger partial charge in [-0.3, -0.25) is 4.79 Å². The number of primary amides is 1. The molecule has 0 bridgehead atoms. The second kappa shape index (κ2) is 7.60. The summed E-state index contributed by atoms with van der Waals surface area (Å²) in [5.74, 6) is 5.33. The van der Waals surface area contributed by atoms with Gasteiger partial charge in [-0.1, -0.05) is 17.9 Å². The van der Waals surface area contributed by atoms with Gasteiger partial charge in [-0.2, -0.15) is 5.10 Å². The number of hydrogen-bond acceptors (Lipinski definition) is 5. The van der Waals surface area contributed by atoms with Gasteiger partial charge in [0.1, 0.15) is 6.10 Å². The van der Waals surface area contributed by atoms with E-state index in [0.29, 0.717) is 12.1 Å². The molecule has 0 fully saturated rings. The van der Waals surface area contributed by atoms with Crippen LogP contribution in [0.25, 0.3) is 5.69 Å². The van der Waals surface area contributed by atoms with Crippen LogP contribution in [0.3, 0.4) is 0 Å². The van der Waals surface area contributed by atoms with E-state index in [1.165, 1.54) is 0 Å². The fraction of sp³-hybridized carbons (Fsp3) is 0.368. The summed E-state index contributed by atoms with van der Waals surface area (Å²) < 4.78 is 1.74. The fourth-order valence-corrected chi connectivity index (χ4v) is 2.90. The number of rotatable bonds is 5. The number of aliphatic hydroxyl groups excluding tert-OH is 1. The molecule has 2 heterocycles. The van der Waals surface area contributed by atoms with Gasteiger partial charge >= 0.3 is 0 Å². The summed E-state index contributed by atoms with van der Waals surface area (Å²) in [7, 11) is 3.92. The van der Waals surface area contributed by atoms with Gasteiger partial charge in [0.2, 0.25) is 0 Å². The summed E-state index contributed by atoms with van der Waals surface area (Å²) in [6.07, 6.45) is 0.704. The van der Waals surface area contributed by atoms with Crippen LogP contribution >= 0.6 is 0 Å². The number of aliphatic hydroxyl groups is 1. The third-order valence-corrected chi connectivity index (χ3v) is 4.20. The predicted molar refractivity (Wildman–Crippen MR) is 100 cm³/mol. The highest BCUT2D eigenvalue weighted by atomic mass is 16.3. The largest absolute Gasteiger partial charge is 0.381 e. The lowest BCUT2D eigenvalue weighted by atomic mass is 10.1. The van der Waals surface area contributed by atoms with Crippen LogP contribution in [0.5, 0.6) is 0 Å². The lowest BCUT2D eigenvalue weighted by Crippen LogP contribution is -2.18. The molecule has 1 aliphatic heterocycles. The Morgan fingerprint density at radius 1 is 1.50 bits per heavy atom. The SMILES string of the molecule is CN(C)CC[C@@H](O)C#Cc1cccc(-n2nc(C(N)=O)c3c2CCN3)c1. The molecule has 7 heteroatoms. The average molecular weight is 353 g/mol. The third-order valence-electron chi connectivity index (χ3n) is 4.20. The standard InChI is InChI=1S/C19H23N5O2/c1-23(2)11-9-15(25)7-6-13-4-3-5-14(12-13)24-16-8-10-21-17(16)18(22-24)19(20)26/h3-5,12,15,21,25H,8-11H2,1-2H3,(H2,20,26)/t15-/m0/s1. The van der Waals surface area contributed by atoms with Gasteiger partial charge in [-0.05, 0) is 38.7 Å². The average Bonchev–Trinajstić information content (AvgIpc) is 3.20. The molecule has 0 spiro atoms. The van der Waals surface area contributed by atoms with E-state index in [1.54, 1.807) is 4.68 Å². The molecule has 1 aliphatic rings. The first-order chi connectivity index (χ1) is 12.5. The Morgan fingerprint density at radius 3 is 3.04 bits per heavy atom. The molecule has 1 aromatic carbocycles. The summed E-state index contributed by atoms with van der Waals surface area (Å²) in [6, 6.07) is 7.56. The normalized spacial score (nSPS) is 13.7. The van der Waals surface area contributed by atoms with E-state index >= 15 is 0 Å².